The van der Waals surface area contributed by atoms with Crippen LogP contribution in [0.3, 0.4) is 0 Å². The first-order chi connectivity index (χ1) is 15.4. The summed E-state index contributed by atoms with van der Waals surface area (Å²) in [5.74, 6) is -0.664. The van der Waals surface area contributed by atoms with Gasteiger partial charge in [0.05, 0.1) is 12.1 Å². The van der Waals surface area contributed by atoms with E-state index in [2.05, 4.69) is 10.6 Å². The highest BCUT2D eigenvalue weighted by atomic mass is 16.6. The van der Waals surface area contributed by atoms with Crippen LogP contribution >= 0.6 is 0 Å². The first-order valence-corrected chi connectivity index (χ1v) is 11.3. The molecule has 1 saturated heterocycles. The second kappa shape index (κ2) is 11.2. The van der Waals surface area contributed by atoms with E-state index in [9.17, 15) is 9.59 Å². The van der Waals surface area contributed by atoms with Crippen LogP contribution in [0.1, 0.15) is 50.9 Å². The van der Waals surface area contributed by atoms with Gasteiger partial charge in [-0.05, 0) is 23.0 Å². The van der Waals surface area contributed by atoms with Crippen LogP contribution in [-0.2, 0) is 19.1 Å². The van der Waals surface area contributed by atoms with E-state index in [1.807, 2.05) is 88.4 Å². The molecule has 3 rings (SSSR count). The SMILES string of the molecule is CC(C)[C@@H]1N[C@H](c2ccccc2)[C@@H](c2ccccc2)N[C@@H](C(C)C)C(=O)OCCOC1=O. The summed E-state index contributed by atoms with van der Waals surface area (Å²) < 4.78 is 10.9. The Morgan fingerprint density at radius 3 is 1.31 bits per heavy atom. The Morgan fingerprint density at radius 1 is 0.656 bits per heavy atom. The van der Waals surface area contributed by atoms with Gasteiger partial charge in [0.15, 0.2) is 0 Å². The monoisotopic (exact) mass is 438 g/mol. The smallest absolute Gasteiger partial charge is 0.323 e. The molecule has 0 bridgehead atoms. The summed E-state index contributed by atoms with van der Waals surface area (Å²) in [6, 6.07) is 18.4. The lowest BCUT2D eigenvalue weighted by atomic mass is 9.89. The molecule has 0 spiro atoms. The normalized spacial score (nSPS) is 25.6. The molecule has 0 saturated carbocycles. The van der Waals surface area contributed by atoms with Crippen molar-refractivity contribution in [2.75, 3.05) is 13.2 Å². The molecule has 2 N–H and O–H groups in total. The van der Waals surface area contributed by atoms with E-state index >= 15 is 0 Å². The molecule has 4 atom stereocenters. The van der Waals surface area contributed by atoms with E-state index in [0.717, 1.165) is 11.1 Å². The minimum absolute atomic E-state index is 0.0107. The first kappa shape index (κ1) is 24.0. The van der Waals surface area contributed by atoms with Crippen LogP contribution in [0.25, 0.3) is 0 Å². The van der Waals surface area contributed by atoms with Gasteiger partial charge >= 0.3 is 11.9 Å². The molecule has 172 valence electrons. The zero-order valence-electron chi connectivity index (χ0n) is 19.3. The fourth-order valence-electron chi connectivity index (χ4n) is 4.01. The van der Waals surface area contributed by atoms with E-state index in [-0.39, 0.29) is 49.1 Å². The van der Waals surface area contributed by atoms with Gasteiger partial charge in [-0.2, -0.15) is 0 Å². The van der Waals surface area contributed by atoms with Gasteiger partial charge < -0.3 is 9.47 Å². The van der Waals surface area contributed by atoms with Crippen molar-refractivity contribution in [3.05, 3.63) is 71.8 Å². The average molecular weight is 439 g/mol. The van der Waals surface area contributed by atoms with Crippen molar-refractivity contribution in [1.29, 1.82) is 0 Å². The number of hydrogen-bond acceptors (Lipinski definition) is 6. The van der Waals surface area contributed by atoms with Gasteiger partial charge in [0, 0.05) is 0 Å². The summed E-state index contributed by atoms with van der Waals surface area (Å²) in [6.45, 7) is 8.06. The third kappa shape index (κ3) is 5.96. The molecule has 1 aliphatic rings. The summed E-state index contributed by atoms with van der Waals surface area (Å²) in [7, 11) is 0. The van der Waals surface area contributed by atoms with Crippen molar-refractivity contribution >= 4 is 11.9 Å². The number of hydrogen-bond donors (Lipinski definition) is 2. The Kier molecular flexibility index (Phi) is 8.42. The van der Waals surface area contributed by atoms with Gasteiger partial charge in [-0.15, -0.1) is 0 Å². The lowest BCUT2D eigenvalue weighted by molar-refractivity contribution is -0.157. The van der Waals surface area contributed by atoms with Crippen LogP contribution in [0.15, 0.2) is 60.7 Å². The second-order valence-electron chi connectivity index (χ2n) is 8.89. The molecule has 0 aliphatic carbocycles. The quantitative estimate of drug-likeness (QED) is 0.708. The van der Waals surface area contributed by atoms with Crippen LogP contribution in [0, 0.1) is 11.8 Å². The van der Waals surface area contributed by atoms with Crippen LogP contribution in [0.5, 0.6) is 0 Å². The van der Waals surface area contributed by atoms with Crippen molar-refractivity contribution < 1.29 is 19.1 Å². The Balaban J connectivity index is 2.12. The molecule has 0 radical (unpaired) electrons. The maximum Gasteiger partial charge on any atom is 0.323 e. The minimum Gasteiger partial charge on any atom is -0.461 e. The zero-order valence-corrected chi connectivity index (χ0v) is 19.3. The highest BCUT2D eigenvalue weighted by Crippen LogP contribution is 2.32. The number of carbonyl (C=O) groups excluding carboxylic acids is 2. The molecule has 1 heterocycles. The number of carbonyl (C=O) groups is 2. The standard InChI is InChI=1S/C26H34N2O4/c1-17(2)21-25(29)31-15-16-32-26(30)22(18(3)4)28-24(20-13-9-6-10-14-20)23(27-21)19-11-7-5-8-12-19/h5-14,17-18,21-24,27-28H,15-16H2,1-4H3/t21-,22-,23+,24+/m0/s1. The van der Waals surface area contributed by atoms with Crippen LogP contribution < -0.4 is 10.6 Å². The maximum absolute atomic E-state index is 12.9. The average Bonchev–Trinajstić information content (AvgIpc) is 2.78. The summed E-state index contributed by atoms with van der Waals surface area (Å²) in [4.78, 5) is 25.8. The Morgan fingerprint density at radius 2 is 1.00 bits per heavy atom. The molecule has 1 fully saturated rings. The van der Waals surface area contributed by atoms with Gasteiger partial charge in [0.25, 0.3) is 0 Å². The van der Waals surface area contributed by atoms with Crippen molar-refractivity contribution in [3.63, 3.8) is 0 Å². The summed E-state index contributed by atoms with van der Waals surface area (Å²) in [5.41, 5.74) is 2.03. The van der Waals surface area contributed by atoms with Crippen molar-refractivity contribution in [3.8, 4) is 0 Å². The molecule has 2 aromatic rings. The van der Waals surface area contributed by atoms with Crippen molar-refractivity contribution in [1.82, 2.24) is 10.6 Å². The fourth-order valence-corrected chi connectivity index (χ4v) is 4.01. The van der Waals surface area contributed by atoms with Gasteiger partial charge in [0.1, 0.15) is 25.3 Å². The Bertz CT molecular complexity index is 796. The van der Waals surface area contributed by atoms with E-state index in [0.29, 0.717) is 0 Å². The van der Waals surface area contributed by atoms with Crippen LogP contribution in [0.4, 0.5) is 0 Å². The first-order valence-electron chi connectivity index (χ1n) is 11.3. The van der Waals surface area contributed by atoms with Crippen LogP contribution in [-0.4, -0.2) is 37.2 Å². The molecular formula is C26H34N2O4. The molecule has 32 heavy (non-hydrogen) atoms. The summed E-state index contributed by atoms with van der Waals surface area (Å²) in [5, 5.41) is 7.14. The molecule has 2 aromatic carbocycles. The van der Waals surface area contributed by atoms with E-state index < -0.39 is 12.1 Å². The van der Waals surface area contributed by atoms with Gasteiger partial charge in [-0.1, -0.05) is 88.4 Å². The largest absolute Gasteiger partial charge is 0.461 e. The fraction of sp³-hybridized carbons (Fsp3) is 0.462. The molecule has 1 aliphatic heterocycles. The minimum atomic E-state index is -0.513. The summed E-state index contributed by atoms with van der Waals surface area (Å²) >= 11 is 0. The number of esters is 2. The van der Waals surface area contributed by atoms with Crippen molar-refractivity contribution in [2.45, 2.75) is 51.9 Å². The lowest BCUT2D eigenvalue weighted by Gasteiger charge is -2.37. The van der Waals surface area contributed by atoms with Gasteiger partial charge in [0.2, 0.25) is 0 Å². The highest BCUT2D eigenvalue weighted by Gasteiger charge is 2.36. The number of benzene rings is 2. The third-order valence-corrected chi connectivity index (χ3v) is 5.78. The zero-order chi connectivity index (χ0) is 23.1. The number of nitrogens with one attached hydrogen (secondary N) is 2. The Hall–Kier alpha value is -2.70. The molecule has 6 heteroatoms. The molecular weight excluding hydrogens is 404 g/mol. The molecule has 0 unspecified atom stereocenters. The lowest BCUT2D eigenvalue weighted by Crippen LogP contribution is -2.52. The third-order valence-electron chi connectivity index (χ3n) is 5.78. The van der Waals surface area contributed by atoms with E-state index in [4.69, 9.17) is 9.47 Å². The molecule has 0 aromatic heterocycles. The number of ether oxygens (including phenoxy) is 2. The summed E-state index contributed by atoms with van der Waals surface area (Å²) in [6.07, 6.45) is 0. The van der Waals surface area contributed by atoms with E-state index in [1.54, 1.807) is 0 Å². The second-order valence-corrected chi connectivity index (χ2v) is 8.89. The molecule has 6 nitrogen and oxygen atoms in total. The molecule has 0 amide bonds. The predicted molar refractivity (Wildman–Crippen MR) is 124 cm³/mol. The topological polar surface area (TPSA) is 76.7 Å². The van der Waals surface area contributed by atoms with Crippen molar-refractivity contribution in [2.24, 2.45) is 11.8 Å². The van der Waals surface area contributed by atoms with Crippen LogP contribution in [0.2, 0.25) is 0 Å². The van der Waals surface area contributed by atoms with E-state index in [1.165, 1.54) is 0 Å². The number of rotatable bonds is 4. The van der Waals surface area contributed by atoms with Gasteiger partial charge in [-0.25, -0.2) is 0 Å². The Labute approximate surface area is 190 Å². The highest BCUT2D eigenvalue weighted by molar-refractivity contribution is 5.77. The number of cyclic esters (lactones) is 2. The maximum atomic E-state index is 12.9. The predicted octanol–water partition coefficient (Wildman–Crippen LogP) is 3.80. The van der Waals surface area contributed by atoms with Gasteiger partial charge in [-0.3, -0.25) is 20.2 Å².